The van der Waals surface area contributed by atoms with Gasteiger partial charge in [-0.3, -0.25) is 0 Å². The molecule has 142 valence electrons. The molecule has 0 atom stereocenters. The molecule has 0 amide bonds. The highest BCUT2D eigenvalue weighted by atomic mass is 16.5. The number of aromatic nitrogens is 1. The van der Waals surface area contributed by atoms with Gasteiger partial charge in [-0.2, -0.15) is 5.26 Å². The molecule has 27 heavy (non-hydrogen) atoms. The second kappa shape index (κ2) is 10.0. The van der Waals surface area contributed by atoms with Crippen molar-refractivity contribution >= 4 is 12.0 Å². The van der Waals surface area contributed by atoms with E-state index in [1.807, 2.05) is 26.0 Å². The van der Waals surface area contributed by atoms with E-state index >= 15 is 0 Å². The summed E-state index contributed by atoms with van der Waals surface area (Å²) in [7, 11) is 1.55. The molecule has 1 aromatic heterocycles. The van der Waals surface area contributed by atoms with Gasteiger partial charge in [0.15, 0.2) is 11.5 Å². The highest BCUT2D eigenvalue weighted by Crippen LogP contribution is 2.30. The molecule has 0 N–H and O–H groups in total. The third-order valence-corrected chi connectivity index (χ3v) is 3.83. The monoisotopic (exact) mass is 370 g/mol. The molecule has 0 aliphatic carbocycles. The van der Waals surface area contributed by atoms with Crippen LogP contribution in [0.15, 0.2) is 28.8 Å². The zero-order valence-electron chi connectivity index (χ0n) is 15.7. The number of unbranched alkanes of at least 4 members (excludes halogenated alkanes) is 1. The Morgan fingerprint density at radius 1 is 1.33 bits per heavy atom. The number of nitrogens with zero attached hydrogens (tertiary/aromatic N) is 2. The van der Waals surface area contributed by atoms with Crippen LogP contribution in [0.5, 0.6) is 11.5 Å². The van der Waals surface area contributed by atoms with Gasteiger partial charge >= 0.3 is 5.97 Å². The minimum absolute atomic E-state index is 0.231. The topological polar surface area (TPSA) is 94.6 Å². The third kappa shape index (κ3) is 5.89. The van der Waals surface area contributed by atoms with Crippen molar-refractivity contribution in [1.82, 2.24) is 5.16 Å². The van der Waals surface area contributed by atoms with E-state index in [9.17, 15) is 4.79 Å². The number of nitriles is 1. The average Bonchev–Trinajstić information content (AvgIpc) is 3.00. The van der Waals surface area contributed by atoms with Crippen LogP contribution in [0.4, 0.5) is 0 Å². The Kier molecular flexibility index (Phi) is 7.44. The van der Waals surface area contributed by atoms with Crippen LogP contribution in [0, 0.1) is 25.2 Å². The number of carbonyl (C=O) groups excluding carboxylic acids is 1. The van der Waals surface area contributed by atoms with Gasteiger partial charge in [0.25, 0.3) is 0 Å². The zero-order valence-corrected chi connectivity index (χ0v) is 15.7. The quantitative estimate of drug-likeness (QED) is 0.377. The van der Waals surface area contributed by atoms with Crippen LogP contribution < -0.4 is 9.47 Å². The van der Waals surface area contributed by atoms with Gasteiger partial charge in [-0.15, -0.1) is 0 Å². The summed E-state index contributed by atoms with van der Waals surface area (Å²) in [6.45, 7) is 4.25. The van der Waals surface area contributed by atoms with E-state index in [0.29, 0.717) is 30.9 Å². The van der Waals surface area contributed by atoms with Gasteiger partial charge in [0, 0.05) is 12.5 Å². The lowest BCUT2D eigenvalue weighted by Crippen LogP contribution is -2.02. The minimum Gasteiger partial charge on any atom is -0.493 e. The molecule has 1 heterocycles. The first-order valence-corrected chi connectivity index (χ1v) is 8.49. The van der Waals surface area contributed by atoms with E-state index in [1.165, 1.54) is 6.08 Å². The Morgan fingerprint density at radius 3 is 2.81 bits per heavy atom. The molecular weight excluding hydrogens is 348 g/mol. The number of hydrogen-bond donors (Lipinski definition) is 0. The van der Waals surface area contributed by atoms with E-state index in [1.54, 1.807) is 25.3 Å². The first-order valence-electron chi connectivity index (χ1n) is 8.49. The van der Waals surface area contributed by atoms with Crippen molar-refractivity contribution in [3.63, 3.8) is 0 Å². The molecule has 0 saturated heterocycles. The molecule has 2 rings (SSSR count). The number of hydrogen-bond acceptors (Lipinski definition) is 7. The number of ether oxygens (including phenoxy) is 3. The lowest BCUT2D eigenvalue weighted by Gasteiger charge is -2.11. The number of methoxy groups -OCH3 is 1. The lowest BCUT2D eigenvalue weighted by molar-refractivity contribution is -0.137. The van der Waals surface area contributed by atoms with Gasteiger partial charge in [-0.25, -0.2) is 4.79 Å². The number of benzene rings is 1. The van der Waals surface area contributed by atoms with Gasteiger partial charge in [0.1, 0.15) is 12.4 Å². The standard InChI is InChI=1S/C20H22N2O5/c1-14-17(15(2)27-22-14)13-26-18-8-6-16(12-19(18)24-3)7-9-20(23)25-11-5-4-10-21/h6-9,12H,4-5,11,13H2,1-3H3/b9-7+. The fourth-order valence-electron chi connectivity index (χ4n) is 2.30. The molecule has 0 fully saturated rings. The van der Waals surface area contributed by atoms with Crippen LogP contribution >= 0.6 is 0 Å². The van der Waals surface area contributed by atoms with Crippen molar-refractivity contribution in [2.24, 2.45) is 0 Å². The maximum atomic E-state index is 11.6. The molecule has 0 saturated carbocycles. The van der Waals surface area contributed by atoms with Crippen molar-refractivity contribution in [2.45, 2.75) is 33.3 Å². The maximum Gasteiger partial charge on any atom is 0.330 e. The summed E-state index contributed by atoms with van der Waals surface area (Å²) >= 11 is 0. The van der Waals surface area contributed by atoms with Gasteiger partial charge in [0.05, 0.1) is 31.0 Å². The number of esters is 1. The smallest absolute Gasteiger partial charge is 0.330 e. The van der Waals surface area contributed by atoms with Gasteiger partial charge in [0.2, 0.25) is 0 Å². The van der Waals surface area contributed by atoms with Crippen LogP contribution in [-0.2, 0) is 16.1 Å². The highest BCUT2D eigenvalue weighted by molar-refractivity contribution is 5.87. The molecule has 0 unspecified atom stereocenters. The Bertz CT molecular complexity index is 829. The SMILES string of the molecule is COc1cc(/C=C/C(=O)OCCCC#N)ccc1OCc1c(C)noc1C. The molecule has 7 nitrogen and oxygen atoms in total. The van der Waals surface area contributed by atoms with Crippen LogP contribution in [0.2, 0.25) is 0 Å². The summed E-state index contributed by atoms with van der Waals surface area (Å²) in [5.74, 6) is 1.39. The predicted molar refractivity (Wildman–Crippen MR) is 98.1 cm³/mol. The normalized spacial score (nSPS) is 10.6. The van der Waals surface area contributed by atoms with Crippen LogP contribution in [0.3, 0.4) is 0 Å². The number of aryl methyl sites for hydroxylation is 2. The molecule has 1 aromatic carbocycles. The number of carbonyl (C=O) groups is 1. The maximum absolute atomic E-state index is 11.6. The first-order chi connectivity index (χ1) is 13.0. The van der Waals surface area contributed by atoms with Crippen LogP contribution in [0.25, 0.3) is 6.08 Å². The van der Waals surface area contributed by atoms with E-state index in [-0.39, 0.29) is 6.61 Å². The van der Waals surface area contributed by atoms with Gasteiger partial charge < -0.3 is 18.7 Å². The van der Waals surface area contributed by atoms with Gasteiger partial charge in [-0.05, 0) is 44.0 Å². The molecule has 7 heteroatoms. The van der Waals surface area contributed by atoms with E-state index in [4.69, 9.17) is 24.0 Å². The summed E-state index contributed by atoms with van der Waals surface area (Å²) in [5.41, 5.74) is 2.46. The summed E-state index contributed by atoms with van der Waals surface area (Å²) in [4.78, 5) is 11.6. The average molecular weight is 370 g/mol. The second-order valence-corrected chi connectivity index (χ2v) is 5.76. The molecule has 0 aliphatic heterocycles. The first kappa shape index (κ1) is 20.0. The van der Waals surface area contributed by atoms with E-state index < -0.39 is 5.97 Å². The Morgan fingerprint density at radius 2 is 2.15 bits per heavy atom. The van der Waals surface area contributed by atoms with Crippen LogP contribution in [0.1, 0.15) is 35.4 Å². The molecule has 0 radical (unpaired) electrons. The second-order valence-electron chi connectivity index (χ2n) is 5.76. The Labute approximate surface area is 158 Å². The molecule has 0 bridgehead atoms. The Hall–Kier alpha value is -3.27. The molecule has 2 aromatic rings. The van der Waals surface area contributed by atoms with Crippen molar-refractivity contribution in [3.8, 4) is 17.6 Å². The molecule has 0 spiro atoms. The zero-order chi connectivity index (χ0) is 19.6. The van der Waals surface area contributed by atoms with E-state index in [2.05, 4.69) is 5.16 Å². The minimum atomic E-state index is -0.453. The van der Waals surface area contributed by atoms with Crippen molar-refractivity contribution in [3.05, 3.63) is 46.9 Å². The predicted octanol–water partition coefficient (Wildman–Crippen LogP) is 3.74. The largest absolute Gasteiger partial charge is 0.493 e. The van der Waals surface area contributed by atoms with Crippen molar-refractivity contribution in [1.29, 1.82) is 5.26 Å². The van der Waals surface area contributed by atoms with E-state index in [0.717, 1.165) is 22.6 Å². The molecular formula is C20H22N2O5. The summed E-state index contributed by atoms with van der Waals surface area (Å²) in [6, 6.07) is 7.35. The fraction of sp³-hybridized carbons (Fsp3) is 0.350. The van der Waals surface area contributed by atoms with Crippen LogP contribution in [-0.4, -0.2) is 24.8 Å². The summed E-state index contributed by atoms with van der Waals surface area (Å²) in [5, 5.41) is 12.3. The Balaban J connectivity index is 1.98. The highest BCUT2D eigenvalue weighted by Gasteiger charge is 2.12. The number of rotatable bonds is 9. The summed E-state index contributed by atoms with van der Waals surface area (Å²) in [6.07, 6.45) is 3.86. The van der Waals surface area contributed by atoms with Gasteiger partial charge in [-0.1, -0.05) is 11.2 Å². The third-order valence-electron chi connectivity index (χ3n) is 3.83. The summed E-state index contributed by atoms with van der Waals surface area (Å²) < 4.78 is 21.3. The lowest BCUT2D eigenvalue weighted by atomic mass is 10.2. The fourth-order valence-corrected chi connectivity index (χ4v) is 2.30. The molecule has 0 aliphatic rings. The van der Waals surface area contributed by atoms with Crippen molar-refractivity contribution in [2.75, 3.05) is 13.7 Å². The van der Waals surface area contributed by atoms with Crippen molar-refractivity contribution < 1.29 is 23.5 Å².